The fraction of sp³-hybridized carbons (Fsp3) is 0.0513. The highest BCUT2D eigenvalue weighted by molar-refractivity contribution is 6.09. The molecule has 0 aliphatic heterocycles. The molecular weight excluding hydrogens is 496 g/mol. The van der Waals surface area contributed by atoms with Crippen molar-refractivity contribution in [3.63, 3.8) is 0 Å². The van der Waals surface area contributed by atoms with Crippen molar-refractivity contribution in [2.24, 2.45) is 0 Å². The molecule has 2 heteroatoms. The topological polar surface area (TPSA) is 9.29 Å². The average molecular weight is 521 g/mol. The van der Waals surface area contributed by atoms with Crippen LogP contribution in [-0.2, 0) is 6.42 Å². The lowest BCUT2D eigenvalue weighted by atomic mass is 9.87. The van der Waals surface area contributed by atoms with Gasteiger partial charge in [0.05, 0.1) is 17.6 Å². The minimum atomic E-state index is 0.103. The Morgan fingerprint density at radius 2 is 1.29 bits per heavy atom. The second-order valence-corrected chi connectivity index (χ2v) is 11.2. The summed E-state index contributed by atoms with van der Waals surface area (Å²) in [7, 11) is 0. The lowest BCUT2D eigenvalue weighted by Gasteiger charge is -2.18. The molecule has 2 aliphatic carbocycles. The smallest absolute Gasteiger partial charge is 0.187 e. The molecule has 0 N–H and O–H groups in total. The van der Waals surface area contributed by atoms with Gasteiger partial charge in [-0.05, 0) is 92.9 Å². The summed E-state index contributed by atoms with van der Waals surface area (Å²) in [5.74, 6) is 0.103. The predicted molar refractivity (Wildman–Crippen MR) is 168 cm³/mol. The van der Waals surface area contributed by atoms with E-state index in [1.807, 2.05) is 6.07 Å². The van der Waals surface area contributed by atoms with E-state index in [2.05, 4.69) is 131 Å². The van der Waals surface area contributed by atoms with E-state index in [1.54, 1.807) is 0 Å². The van der Waals surface area contributed by atoms with Gasteiger partial charge in [0, 0.05) is 22.4 Å². The maximum atomic E-state index is 7.66. The molecule has 1 heterocycles. The predicted octanol–water partition coefficient (Wildman–Crippen LogP) is 10.1. The second kappa shape index (κ2) is 8.31. The van der Waals surface area contributed by atoms with Gasteiger partial charge in [-0.1, -0.05) is 91.0 Å². The van der Waals surface area contributed by atoms with Crippen LogP contribution in [0.4, 0.5) is 5.69 Å². The van der Waals surface area contributed by atoms with Crippen molar-refractivity contribution in [2.75, 3.05) is 0 Å². The number of aromatic nitrogens is 1. The maximum absolute atomic E-state index is 7.66. The Balaban J connectivity index is 1.29. The molecule has 0 fully saturated rings. The van der Waals surface area contributed by atoms with Crippen LogP contribution < -0.4 is 0 Å². The van der Waals surface area contributed by atoms with Crippen molar-refractivity contribution in [3.8, 4) is 27.9 Å². The van der Waals surface area contributed by atoms with E-state index in [0.29, 0.717) is 5.69 Å². The van der Waals surface area contributed by atoms with Gasteiger partial charge in [-0.25, -0.2) is 4.85 Å². The van der Waals surface area contributed by atoms with E-state index in [0.717, 1.165) is 12.1 Å². The molecule has 2 aliphatic rings. The maximum Gasteiger partial charge on any atom is 0.187 e. The first kappa shape index (κ1) is 22.4. The molecule has 0 saturated heterocycles. The summed E-state index contributed by atoms with van der Waals surface area (Å²) < 4.78 is 2.40. The van der Waals surface area contributed by atoms with Crippen LogP contribution in [0.5, 0.6) is 0 Å². The first-order valence-corrected chi connectivity index (χ1v) is 14.1. The highest BCUT2D eigenvalue weighted by Gasteiger charge is 2.32. The van der Waals surface area contributed by atoms with Gasteiger partial charge in [0.15, 0.2) is 5.69 Å². The van der Waals surface area contributed by atoms with Gasteiger partial charge >= 0.3 is 0 Å². The van der Waals surface area contributed by atoms with E-state index in [4.69, 9.17) is 6.57 Å². The van der Waals surface area contributed by atoms with Gasteiger partial charge in [0.2, 0.25) is 0 Å². The number of fused-ring (bicyclic) bond motifs is 9. The normalized spacial score (nSPS) is 14.5. The molecule has 41 heavy (non-hydrogen) atoms. The molecule has 6 aromatic carbocycles. The van der Waals surface area contributed by atoms with Crippen LogP contribution in [0, 0.1) is 6.57 Å². The molecule has 9 rings (SSSR count). The van der Waals surface area contributed by atoms with Crippen molar-refractivity contribution >= 4 is 27.5 Å². The summed E-state index contributed by atoms with van der Waals surface area (Å²) in [5, 5.41) is 2.53. The monoisotopic (exact) mass is 520 g/mol. The molecule has 0 saturated carbocycles. The molecule has 190 valence electrons. The second-order valence-electron chi connectivity index (χ2n) is 11.2. The summed E-state index contributed by atoms with van der Waals surface area (Å²) in [5.41, 5.74) is 16.1. The Morgan fingerprint density at radius 1 is 0.561 bits per heavy atom. The Kier molecular flexibility index (Phi) is 4.54. The summed E-state index contributed by atoms with van der Waals surface area (Å²) in [6.07, 6.45) is 0.996. The molecule has 1 aromatic heterocycles. The van der Waals surface area contributed by atoms with Crippen molar-refractivity contribution in [1.29, 1.82) is 0 Å². The largest absolute Gasteiger partial charge is 0.309 e. The molecule has 0 amide bonds. The first-order valence-electron chi connectivity index (χ1n) is 14.1. The Morgan fingerprint density at radius 3 is 2.10 bits per heavy atom. The zero-order valence-electron chi connectivity index (χ0n) is 22.3. The molecule has 2 nitrogen and oxygen atoms in total. The molecule has 0 radical (unpaired) electrons. The lowest BCUT2D eigenvalue weighted by Crippen LogP contribution is -2.02. The third-order valence-electron chi connectivity index (χ3n) is 9.11. The molecule has 7 aromatic rings. The molecule has 0 bridgehead atoms. The Bertz CT molecular complexity index is 2210. The molecule has 0 spiro atoms. The van der Waals surface area contributed by atoms with Gasteiger partial charge in [-0.3, -0.25) is 0 Å². The van der Waals surface area contributed by atoms with Gasteiger partial charge in [-0.2, -0.15) is 0 Å². The number of nitrogens with zero attached hydrogens (tertiary/aromatic N) is 2. The van der Waals surface area contributed by atoms with E-state index in [-0.39, 0.29) is 5.92 Å². The highest BCUT2D eigenvalue weighted by atomic mass is 15.0. The quantitative estimate of drug-likeness (QED) is 0.201. The highest BCUT2D eigenvalue weighted by Crippen LogP contribution is 2.51. The summed E-state index contributed by atoms with van der Waals surface area (Å²) in [6.45, 7) is 7.66. The van der Waals surface area contributed by atoms with Gasteiger partial charge in [0.1, 0.15) is 0 Å². The summed E-state index contributed by atoms with van der Waals surface area (Å²) in [4.78, 5) is 3.76. The van der Waals surface area contributed by atoms with E-state index in [9.17, 15) is 0 Å². The zero-order valence-corrected chi connectivity index (χ0v) is 22.3. The van der Waals surface area contributed by atoms with Crippen LogP contribution in [0.3, 0.4) is 0 Å². The minimum absolute atomic E-state index is 0.103. The van der Waals surface area contributed by atoms with Crippen LogP contribution in [0.25, 0.3) is 54.6 Å². The van der Waals surface area contributed by atoms with Crippen molar-refractivity contribution in [3.05, 3.63) is 167 Å². The number of hydrogen-bond acceptors (Lipinski definition) is 0. The van der Waals surface area contributed by atoms with Crippen LogP contribution in [0.2, 0.25) is 0 Å². The van der Waals surface area contributed by atoms with E-state index >= 15 is 0 Å². The van der Waals surface area contributed by atoms with Crippen LogP contribution in [0.1, 0.15) is 33.7 Å². The molecular formula is C39H24N2. The number of hydrogen-bond donors (Lipinski definition) is 0. The summed E-state index contributed by atoms with van der Waals surface area (Å²) >= 11 is 0. The number of rotatable bonds is 2. The van der Waals surface area contributed by atoms with E-state index < -0.39 is 0 Å². The Hall–Kier alpha value is -5.39. The van der Waals surface area contributed by atoms with Crippen LogP contribution in [0.15, 0.2) is 127 Å². The fourth-order valence-electron chi connectivity index (χ4n) is 7.32. The summed E-state index contributed by atoms with van der Waals surface area (Å²) in [6, 6.07) is 46.3. The van der Waals surface area contributed by atoms with Gasteiger partial charge in [-0.15, -0.1) is 0 Å². The number of para-hydroxylation sites is 2. The van der Waals surface area contributed by atoms with Crippen molar-refractivity contribution in [1.82, 2.24) is 4.57 Å². The zero-order chi connectivity index (χ0) is 27.1. The van der Waals surface area contributed by atoms with Crippen LogP contribution >= 0.6 is 0 Å². The third kappa shape index (κ3) is 3.12. The van der Waals surface area contributed by atoms with Gasteiger partial charge in [0.25, 0.3) is 0 Å². The minimum Gasteiger partial charge on any atom is -0.309 e. The van der Waals surface area contributed by atoms with Gasteiger partial charge < -0.3 is 4.57 Å². The van der Waals surface area contributed by atoms with Crippen molar-refractivity contribution < 1.29 is 0 Å². The first-order chi connectivity index (χ1) is 20.3. The van der Waals surface area contributed by atoms with Crippen molar-refractivity contribution in [2.45, 2.75) is 12.3 Å². The standard InChI is InChI=1S/C39H24N2/c1-40-27-16-18-33-35(22-27)30-19-17-28(41-37-12-6-4-10-31(37)32-11-5-7-13-38(32)41)23-36(30)39(33)26-15-14-25-20-24-8-2-3-9-29(24)34(25)21-26/h2-19,21-23,39H,20H2. The van der Waals surface area contributed by atoms with E-state index in [1.165, 1.54) is 71.9 Å². The number of benzene rings is 6. The van der Waals surface area contributed by atoms with Crippen LogP contribution in [-0.4, -0.2) is 4.57 Å². The molecule has 1 atom stereocenters. The SMILES string of the molecule is [C-]#[N+]c1ccc2c(c1)-c1ccc(-n3c4ccccc4c4ccccc43)cc1C2c1ccc2c(c1)-c1ccccc1C2. The molecule has 1 unspecified atom stereocenters. The fourth-order valence-corrected chi connectivity index (χ4v) is 7.32. The average Bonchev–Trinajstić information content (AvgIpc) is 3.67. The third-order valence-corrected chi connectivity index (χ3v) is 9.11. The Labute approximate surface area is 238 Å². The lowest BCUT2D eigenvalue weighted by molar-refractivity contribution is 1.01.